The molecule has 63 heavy (non-hydrogen) atoms. The number of nitrogens with zero attached hydrogens (tertiary/aromatic N) is 4. The summed E-state index contributed by atoms with van der Waals surface area (Å²) in [6.07, 6.45) is 5.36. The number of hydrogen-bond acceptors (Lipinski definition) is 2. The van der Waals surface area contributed by atoms with Crippen molar-refractivity contribution in [3.05, 3.63) is 224 Å². The van der Waals surface area contributed by atoms with Crippen LogP contribution in [0.4, 0.5) is 0 Å². The predicted octanol–water partition coefficient (Wildman–Crippen LogP) is 14.3. The molecule has 0 bridgehead atoms. The highest BCUT2D eigenvalue weighted by atomic mass is 16.5. The minimum absolute atomic E-state index is 0.103. The van der Waals surface area contributed by atoms with Crippen LogP contribution in [0, 0.1) is 6.33 Å². The van der Waals surface area contributed by atoms with E-state index in [2.05, 4.69) is 62.0 Å². The van der Waals surface area contributed by atoms with Gasteiger partial charge in [-0.2, -0.15) is 0 Å². The molecule has 0 atom stereocenters. The summed E-state index contributed by atoms with van der Waals surface area (Å²) in [5, 5.41) is 2.11. The lowest BCUT2D eigenvalue weighted by Crippen LogP contribution is -2.31. The quantitative estimate of drug-likeness (QED) is 0.113. The van der Waals surface area contributed by atoms with E-state index < -0.39 is 60.4 Å². The van der Waals surface area contributed by atoms with Crippen LogP contribution in [0.25, 0.3) is 83.4 Å². The summed E-state index contributed by atoms with van der Waals surface area (Å²) in [5.41, 5.74) is 6.72. The highest BCUT2D eigenvalue weighted by Crippen LogP contribution is 2.39. The lowest BCUT2D eigenvalue weighted by molar-refractivity contribution is -0.571. The van der Waals surface area contributed by atoms with Crippen molar-refractivity contribution in [2.24, 2.45) is 0 Å². The molecule has 0 amide bonds. The molecule has 302 valence electrons. The Morgan fingerprint density at radius 3 is 1.95 bits per heavy atom. The molecule has 0 aliphatic rings. The Labute approximate surface area is 381 Å². The highest BCUT2D eigenvalue weighted by Gasteiger charge is 2.22. The van der Waals surface area contributed by atoms with E-state index in [4.69, 9.17) is 23.4 Å². The topological polar surface area (TPSA) is 35.9 Å². The van der Waals surface area contributed by atoms with Gasteiger partial charge in [0, 0.05) is 23.0 Å². The van der Waals surface area contributed by atoms with Crippen LogP contribution in [0.5, 0.6) is 11.5 Å². The van der Waals surface area contributed by atoms with E-state index in [1.165, 1.54) is 0 Å². The smallest absolute Gasteiger partial charge is 0.269 e. The van der Waals surface area contributed by atoms with Crippen LogP contribution in [-0.2, 0) is 5.41 Å². The Balaban J connectivity index is 1.14. The van der Waals surface area contributed by atoms with Crippen molar-refractivity contribution in [2.45, 2.75) is 26.2 Å². The van der Waals surface area contributed by atoms with Gasteiger partial charge in [-0.15, -0.1) is 0 Å². The van der Waals surface area contributed by atoms with Crippen LogP contribution in [0.15, 0.2) is 212 Å². The van der Waals surface area contributed by atoms with Gasteiger partial charge in [0.25, 0.3) is 6.33 Å². The zero-order valence-corrected chi connectivity index (χ0v) is 34.6. The largest absolute Gasteiger partial charge is 0.458 e. The third-order valence-corrected chi connectivity index (χ3v) is 11.3. The van der Waals surface area contributed by atoms with Crippen LogP contribution < -0.4 is 9.30 Å². The van der Waals surface area contributed by atoms with E-state index in [9.17, 15) is 0 Å². The number of benzene rings is 8. The number of ether oxygens (including phenoxy) is 1. The number of para-hydroxylation sites is 4. The summed E-state index contributed by atoms with van der Waals surface area (Å²) in [5.74, 6) is 1.87. The highest BCUT2D eigenvalue weighted by molar-refractivity contribution is 6.09. The number of pyridine rings is 1. The number of rotatable bonds is 8. The molecule has 0 aliphatic carbocycles. The van der Waals surface area contributed by atoms with Crippen LogP contribution in [-0.4, -0.2) is 14.1 Å². The average molecular weight is 823 g/mol. The maximum atomic E-state index is 9.10. The maximum absolute atomic E-state index is 9.10. The summed E-state index contributed by atoms with van der Waals surface area (Å²) in [6, 6.07) is 41.2. The number of fused-ring (bicyclic) bond motifs is 4. The summed E-state index contributed by atoms with van der Waals surface area (Å²) >= 11 is 0. The van der Waals surface area contributed by atoms with Gasteiger partial charge in [0.2, 0.25) is 0 Å². The van der Waals surface area contributed by atoms with E-state index in [-0.39, 0.29) is 33.4 Å². The third kappa shape index (κ3) is 6.94. The Hall–Kier alpha value is -8.02. The molecule has 0 spiro atoms. The van der Waals surface area contributed by atoms with Gasteiger partial charge in [-0.25, -0.2) is 4.98 Å². The minimum Gasteiger partial charge on any atom is -0.458 e. The van der Waals surface area contributed by atoms with Gasteiger partial charge >= 0.3 is 0 Å². The first-order chi connectivity index (χ1) is 35.0. The number of imidazole rings is 1. The van der Waals surface area contributed by atoms with E-state index in [1.54, 1.807) is 22.8 Å². The Kier molecular flexibility index (Phi) is 7.00. The molecule has 3 aromatic heterocycles. The lowest BCUT2D eigenvalue weighted by Gasteiger charge is -2.20. The third-order valence-electron chi connectivity index (χ3n) is 11.3. The molecule has 11 rings (SSSR count). The fraction of sp³-hybridized carbons (Fsp3) is 0.0690. The standard InChI is InChI=1S/C58H44N4O/c1-58(2,3)44-32-33-59-56(36-44)62-52-27-14-13-24-50(52)51-31-30-46(38-55(51)62)63-47-35-43(40-18-7-4-8-19-40)34-45(37-47)60-39-61(54-29-16-15-28-53(54)60)57-48(41-20-9-5-10-21-41)25-17-26-49(57)42-22-11-6-12-23-42/h4-38H,1-3H3/i5D,6D,9D,10D,11D,12D,20D,21D,22D,23D. The zero-order chi connectivity index (χ0) is 51.2. The minimum atomic E-state index is -0.570. The van der Waals surface area contributed by atoms with Crippen molar-refractivity contribution in [1.29, 1.82) is 0 Å². The van der Waals surface area contributed by atoms with Crippen molar-refractivity contribution in [1.82, 2.24) is 14.1 Å². The molecule has 0 saturated carbocycles. The maximum Gasteiger partial charge on any atom is 0.269 e. The van der Waals surface area contributed by atoms with Crippen molar-refractivity contribution in [3.8, 4) is 62.1 Å². The van der Waals surface area contributed by atoms with E-state index in [0.29, 0.717) is 28.2 Å². The van der Waals surface area contributed by atoms with Gasteiger partial charge in [0.05, 0.1) is 47.1 Å². The summed E-state index contributed by atoms with van der Waals surface area (Å²) in [7, 11) is 0. The first kappa shape index (κ1) is 28.5. The second-order valence-electron chi connectivity index (χ2n) is 16.3. The van der Waals surface area contributed by atoms with Crippen molar-refractivity contribution in [3.63, 3.8) is 0 Å². The van der Waals surface area contributed by atoms with E-state index in [1.807, 2.05) is 108 Å². The summed E-state index contributed by atoms with van der Waals surface area (Å²) in [4.78, 5) is 4.86. The molecule has 11 aromatic rings. The number of aromatic nitrogens is 4. The van der Waals surface area contributed by atoms with Crippen LogP contribution in [0.1, 0.15) is 40.0 Å². The Morgan fingerprint density at radius 2 is 1.22 bits per heavy atom. The first-order valence-electron chi connectivity index (χ1n) is 25.6. The van der Waals surface area contributed by atoms with Gasteiger partial charge in [0.15, 0.2) is 0 Å². The molecular formula is C58H44N4O. The molecule has 0 radical (unpaired) electrons. The molecule has 8 aromatic carbocycles. The monoisotopic (exact) mass is 822 g/mol. The molecule has 0 aliphatic heterocycles. The molecule has 5 nitrogen and oxygen atoms in total. The Morgan fingerprint density at radius 1 is 0.556 bits per heavy atom. The second kappa shape index (κ2) is 15.5. The molecule has 5 heteroatoms. The van der Waals surface area contributed by atoms with Gasteiger partial charge < -0.3 is 4.74 Å². The molecule has 0 saturated heterocycles. The predicted molar refractivity (Wildman–Crippen MR) is 257 cm³/mol. The second-order valence-corrected chi connectivity index (χ2v) is 16.3. The summed E-state index contributed by atoms with van der Waals surface area (Å²) < 4.78 is 100. The van der Waals surface area contributed by atoms with E-state index >= 15 is 0 Å². The van der Waals surface area contributed by atoms with Gasteiger partial charge in [-0.05, 0) is 92.9 Å². The van der Waals surface area contributed by atoms with Crippen LogP contribution >= 0.6 is 0 Å². The van der Waals surface area contributed by atoms with Gasteiger partial charge in [-0.3, -0.25) is 13.7 Å². The van der Waals surface area contributed by atoms with Gasteiger partial charge in [0.1, 0.15) is 17.3 Å². The zero-order valence-electron chi connectivity index (χ0n) is 44.6. The fourth-order valence-corrected chi connectivity index (χ4v) is 8.35. The molecule has 0 fully saturated rings. The summed E-state index contributed by atoms with van der Waals surface area (Å²) in [6.45, 7) is 6.54. The molecular weight excluding hydrogens is 769 g/mol. The van der Waals surface area contributed by atoms with Gasteiger partial charge in [-0.1, -0.05) is 172 Å². The van der Waals surface area contributed by atoms with Crippen molar-refractivity contribution in [2.75, 3.05) is 0 Å². The molecule has 0 unspecified atom stereocenters. The number of hydrogen-bond donors (Lipinski definition) is 0. The first-order valence-corrected chi connectivity index (χ1v) is 20.6. The van der Waals surface area contributed by atoms with E-state index in [0.717, 1.165) is 44.3 Å². The average Bonchev–Trinajstić information content (AvgIpc) is 3.95. The normalized spacial score (nSPS) is 14.0. The van der Waals surface area contributed by atoms with Crippen LogP contribution in [0.3, 0.4) is 0 Å². The van der Waals surface area contributed by atoms with Crippen molar-refractivity contribution < 1.29 is 23.0 Å². The Bertz CT molecular complexity index is 3920. The SMILES string of the molecule is [2H]c1c([2H])c([2H])c(-c2cccc(-c3c([2H])c([2H])c([2H])c([2H])c3[2H])c2-[n+]2[c-]n(-c3cc(Oc4ccc5c6ccccc6n(-c6cc(C(C)(C)C)ccn6)c5c4)cc(-c4ccccc4)c3)c3ccccc32)c([2H])c1[2H]. The molecule has 0 N–H and O–H groups in total. The van der Waals surface area contributed by atoms with Crippen LogP contribution in [0.2, 0.25) is 0 Å². The lowest BCUT2D eigenvalue weighted by atomic mass is 9.88. The van der Waals surface area contributed by atoms with Crippen molar-refractivity contribution >= 4 is 32.8 Å². The fourth-order valence-electron chi connectivity index (χ4n) is 8.35. The molecule has 3 heterocycles.